The number of hydrogen-bond donors (Lipinski definition) is 2. The van der Waals surface area contributed by atoms with Crippen LogP contribution in [0.3, 0.4) is 0 Å². The molecule has 0 heterocycles. The molecule has 1 aliphatic rings. The van der Waals surface area contributed by atoms with E-state index >= 15 is 0 Å². The molecule has 4 heteroatoms. The third-order valence-corrected chi connectivity index (χ3v) is 3.37. The summed E-state index contributed by atoms with van der Waals surface area (Å²) in [6.45, 7) is 8.50. The number of alkyl carbamates (subject to hydrolysis) is 1. The predicted molar refractivity (Wildman–Crippen MR) is 78.3 cm³/mol. The Morgan fingerprint density at radius 1 is 1.37 bits per heavy atom. The second-order valence-electron chi connectivity index (χ2n) is 6.52. The highest BCUT2D eigenvalue weighted by molar-refractivity contribution is 5.67. The van der Waals surface area contributed by atoms with Crippen molar-refractivity contribution >= 4 is 6.09 Å². The Bertz CT molecular complexity index is 270. The molecule has 0 radical (unpaired) electrons. The van der Waals surface area contributed by atoms with Gasteiger partial charge >= 0.3 is 6.09 Å². The van der Waals surface area contributed by atoms with Crippen LogP contribution in [0.5, 0.6) is 0 Å². The number of carbonyl (C=O) groups is 1. The van der Waals surface area contributed by atoms with Crippen LogP contribution in [0.2, 0.25) is 0 Å². The smallest absolute Gasteiger partial charge is 0.407 e. The Morgan fingerprint density at radius 3 is 2.53 bits per heavy atom. The van der Waals surface area contributed by atoms with Gasteiger partial charge in [-0.2, -0.15) is 0 Å². The van der Waals surface area contributed by atoms with E-state index in [2.05, 4.69) is 17.6 Å². The van der Waals surface area contributed by atoms with Gasteiger partial charge in [-0.25, -0.2) is 4.79 Å². The first-order valence-corrected chi connectivity index (χ1v) is 7.63. The van der Waals surface area contributed by atoms with Crippen molar-refractivity contribution in [2.24, 2.45) is 0 Å². The fourth-order valence-electron chi connectivity index (χ4n) is 2.12. The van der Waals surface area contributed by atoms with Crippen LogP contribution < -0.4 is 10.6 Å². The minimum absolute atomic E-state index is 0.315. The summed E-state index contributed by atoms with van der Waals surface area (Å²) in [5.74, 6) is 0. The lowest BCUT2D eigenvalue weighted by molar-refractivity contribution is 0.0519. The molecule has 1 rings (SSSR count). The maximum Gasteiger partial charge on any atom is 0.407 e. The highest BCUT2D eigenvalue weighted by Crippen LogP contribution is 2.19. The topological polar surface area (TPSA) is 50.4 Å². The molecule has 1 aliphatic carbocycles. The van der Waals surface area contributed by atoms with Gasteiger partial charge in [-0.05, 0) is 40.0 Å². The van der Waals surface area contributed by atoms with Gasteiger partial charge in [0.1, 0.15) is 5.60 Å². The molecule has 19 heavy (non-hydrogen) atoms. The molecular formula is C15H30N2O2. The minimum Gasteiger partial charge on any atom is -0.444 e. The molecule has 1 amide bonds. The number of ether oxygens (including phenoxy) is 1. The number of carbonyl (C=O) groups excluding carboxylic acids is 1. The zero-order chi connectivity index (χ0) is 14.3. The first-order chi connectivity index (χ1) is 8.90. The van der Waals surface area contributed by atoms with Crippen molar-refractivity contribution in [1.29, 1.82) is 0 Å². The van der Waals surface area contributed by atoms with E-state index in [0.29, 0.717) is 18.6 Å². The average molecular weight is 270 g/mol. The van der Waals surface area contributed by atoms with Crippen molar-refractivity contribution in [3.05, 3.63) is 0 Å². The fraction of sp³-hybridized carbons (Fsp3) is 0.933. The van der Waals surface area contributed by atoms with Crippen LogP contribution in [-0.2, 0) is 4.74 Å². The normalized spacial score (nSPS) is 17.7. The molecule has 0 aromatic rings. The van der Waals surface area contributed by atoms with Gasteiger partial charge in [-0.1, -0.05) is 26.2 Å². The fourth-order valence-corrected chi connectivity index (χ4v) is 2.12. The lowest BCUT2D eigenvalue weighted by Gasteiger charge is -2.32. The molecule has 1 atom stereocenters. The van der Waals surface area contributed by atoms with Crippen LogP contribution in [0.25, 0.3) is 0 Å². The molecule has 0 aliphatic heterocycles. The van der Waals surface area contributed by atoms with Crippen molar-refractivity contribution in [3.8, 4) is 0 Å². The van der Waals surface area contributed by atoms with Crippen molar-refractivity contribution in [2.75, 3.05) is 6.54 Å². The average Bonchev–Trinajstić information content (AvgIpc) is 2.23. The highest BCUT2D eigenvalue weighted by Gasteiger charge is 2.22. The van der Waals surface area contributed by atoms with Crippen molar-refractivity contribution < 1.29 is 9.53 Å². The summed E-state index contributed by atoms with van der Waals surface area (Å²) in [7, 11) is 0. The molecule has 0 bridgehead atoms. The van der Waals surface area contributed by atoms with Gasteiger partial charge in [0.25, 0.3) is 0 Å². The van der Waals surface area contributed by atoms with E-state index < -0.39 is 5.60 Å². The van der Waals surface area contributed by atoms with E-state index in [1.807, 2.05) is 20.8 Å². The summed E-state index contributed by atoms with van der Waals surface area (Å²) in [4.78, 5) is 11.6. The Hall–Kier alpha value is -0.770. The quantitative estimate of drug-likeness (QED) is 0.747. The molecule has 0 aromatic heterocycles. The van der Waals surface area contributed by atoms with E-state index in [1.165, 1.54) is 32.1 Å². The van der Waals surface area contributed by atoms with Crippen LogP contribution in [-0.4, -0.2) is 30.3 Å². The molecular weight excluding hydrogens is 240 g/mol. The maximum atomic E-state index is 11.6. The molecule has 1 fully saturated rings. The summed E-state index contributed by atoms with van der Waals surface area (Å²) < 4.78 is 5.26. The summed E-state index contributed by atoms with van der Waals surface area (Å²) in [6, 6.07) is 1.03. The lowest BCUT2D eigenvalue weighted by atomic mass is 9.92. The van der Waals surface area contributed by atoms with Crippen LogP contribution >= 0.6 is 0 Å². The molecule has 1 saturated carbocycles. The summed E-state index contributed by atoms with van der Waals surface area (Å²) in [6.07, 6.45) is 7.06. The zero-order valence-electron chi connectivity index (χ0n) is 12.9. The van der Waals surface area contributed by atoms with E-state index in [1.54, 1.807) is 0 Å². The van der Waals surface area contributed by atoms with Gasteiger partial charge < -0.3 is 15.4 Å². The third kappa shape index (κ3) is 7.41. The van der Waals surface area contributed by atoms with Gasteiger partial charge in [0.15, 0.2) is 0 Å². The van der Waals surface area contributed by atoms with Crippen LogP contribution in [0.4, 0.5) is 4.79 Å². The maximum absolute atomic E-state index is 11.6. The van der Waals surface area contributed by atoms with Crippen molar-refractivity contribution in [2.45, 2.75) is 83.9 Å². The Balaban J connectivity index is 2.27. The predicted octanol–water partition coefficient (Wildman–Crippen LogP) is 3.21. The standard InChI is InChI=1S/C15H30N2O2/c1-5-6-8-13(17-12-9-7-10-12)11-16-14(18)19-15(2,3)4/h12-13,17H,5-11H2,1-4H3,(H,16,18). The molecule has 1 unspecified atom stereocenters. The van der Waals surface area contributed by atoms with Crippen molar-refractivity contribution in [1.82, 2.24) is 10.6 Å². The number of hydrogen-bond acceptors (Lipinski definition) is 3. The van der Waals surface area contributed by atoms with Gasteiger partial charge in [0.2, 0.25) is 0 Å². The minimum atomic E-state index is -0.426. The number of unbranched alkanes of at least 4 members (excludes halogenated alkanes) is 1. The summed E-state index contributed by atoms with van der Waals surface area (Å²) in [5, 5.41) is 6.51. The Kier molecular flexibility index (Phi) is 6.63. The first-order valence-electron chi connectivity index (χ1n) is 7.63. The monoisotopic (exact) mass is 270 g/mol. The summed E-state index contributed by atoms with van der Waals surface area (Å²) in [5.41, 5.74) is -0.426. The van der Waals surface area contributed by atoms with E-state index in [-0.39, 0.29) is 6.09 Å². The van der Waals surface area contributed by atoms with E-state index in [0.717, 1.165) is 6.42 Å². The molecule has 4 nitrogen and oxygen atoms in total. The van der Waals surface area contributed by atoms with Crippen LogP contribution in [0.15, 0.2) is 0 Å². The molecule has 2 N–H and O–H groups in total. The van der Waals surface area contributed by atoms with E-state index in [9.17, 15) is 4.79 Å². The van der Waals surface area contributed by atoms with Gasteiger partial charge in [-0.15, -0.1) is 0 Å². The van der Waals surface area contributed by atoms with Gasteiger partial charge in [0, 0.05) is 18.6 Å². The summed E-state index contributed by atoms with van der Waals surface area (Å²) >= 11 is 0. The molecule has 0 saturated heterocycles. The largest absolute Gasteiger partial charge is 0.444 e. The van der Waals surface area contributed by atoms with Crippen molar-refractivity contribution in [3.63, 3.8) is 0 Å². The second kappa shape index (κ2) is 7.73. The van der Waals surface area contributed by atoms with Gasteiger partial charge in [-0.3, -0.25) is 0 Å². The highest BCUT2D eigenvalue weighted by atomic mass is 16.6. The zero-order valence-corrected chi connectivity index (χ0v) is 12.9. The number of nitrogens with one attached hydrogen (secondary N) is 2. The SMILES string of the molecule is CCCCC(CNC(=O)OC(C)(C)C)NC1CCC1. The molecule has 0 aromatic carbocycles. The lowest BCUT2D eigenvalue weighted by Crippen LogP contribution is -2.48. The number of amides is 1. The Morgan fingerprint density at radius 2 is 2.05 bits per heavy atom. The first kappa shape index (κ1) is 16.3. The molecule has 0 spiro atoms. The Labute approximate surface area is 117 Å². The van der Waals surface area contributed by atoms with Crippen LogP contribution in [0, 0.1) is 0 Å². The van der Waals surface area contributed by atoms with E-state index in [4.69, 9.17) is 4.74 Å². The molecule has 112 valence electrons. The third-order valence-electron chi connectivity index (χ3n) is 3.37. The van der Waals surface area contributed by atoms with Crippen LogP contribution in [0.1, 0.15) is 66.2 Å². The van der Waals surface area contributed by atoms with Gasteiger partial charge in [0.05, 0.1) is 0 Å². The number of rotatable bonds is 7. The second-order valence-corrected chi connectivity index (χ2v) is 6.52.